The zero-order valence-corrected chi connectivity index (χ0v) is 18.6. The van der Waals surface area contributed by atoms with Gasteiger partial charge < -0.3 is 20.7 Å². The zero-order valence-electron chi connectivity index (χ0n) is 18.6. The van der Waals surface area contributed by atoms with Gasteiger partial charge in [-0.25, -0.2) is 0 Å². The second kappa shape index (κ2) is 11.0. The van der Waals surface area contributed by atoms with Crippen LogP contribution in [0.15, 0.2) is 18.2 Å². The van der Waals surface area contributed by atoms with Gasteiger partial charge in [-0.3, -0.25) is 9.59 Å². The summed E-state index contributed by atoms with van der Waals surface area (Å²) in [5.41, 5.74) is -4.25. The Morgan fingerprint density at radius 2 is 1.62 bits per heavy atom. The molecule has 2 amide bonds. The number of benzene rings is 1. The highest BCUT2D eigenvalue weighted by Crippen LogP contribution is 2.37. The fourth-order valence-electron chi connectivity index (χ4n) is 4.10. The van der Waals surface area contributed by atoms with Gasteiger partial charge in [0.15, 0.2) is 0 Å². The molecule has 0 bridgehead atoms. The molecule has 2 atom stereocenters. The molecule has 190 valence electrons. The van der Waals surface area contributed by atoms with Crippen LogP contribution in [0.1, 0.15) is 67.4 Å². The maximum atomic E-state index is 13.4. The molecule has 1 aromatic carbocycles. The first-order valence-electron chi connectivity index (χ1n) is 10.9. The third-order valence-corrected chi connectivity index (χ3v) is 5.75. The number of amides is 2. The molecule has 2 rings (SSSR count). The lowest BCUT2D eigenvalue weighted by Crippen LogP contribution is -2.56. The zero-order chi connectivity index (χ0) is 25.8. The van der Waals surface area contributed by atoms with Gasteiger partial charge in [0.1, 0.15) is 6.04 Å². The van der Waals surface area contributed by atoms with Crippen LogP contribution in [-0.2, 0) is 17.1 Å². The summed E-state index contributed by atoms with van der Waals surface area (Å²) in [5, 5.41) is 23.7. The van der Waals surface area contributed by atoms with Gasteiger partial charge in [-0.15, -0.1) is 0 Å². The van der Waals surface area contributed by atoms with Crippen molar-refractivity contribution < 1.29 is 46.0 Å². The van der Waals surface area contributed by atoms with Crippen molar-refractivity contribution in [3.05, 3.63) is 34.9 Å². The molecule has 1 aliphatic carbocycles. The largest absolute Gasteiger partial charge is 0.475 e. The van der Waals surface area contributed by atoms with E-state index in [1.165, 1.54) is 0 Å². The minimum atomic E-state index is -5.11. The van der Waals surface area contributed by atoms with Crippen LogP contribution in [0.2, 0.25) is 0 Å². The van der Waals surface area contributed by atoms with Crippen LogP contribution in [0.3, 0.4) is 0 Å². The van der Waals surface area contributed by atoms with Crippen LogP contribution in [0.4, 0.5) is 26.3 Å². The molecule has 1 saturated carbocycles. The second-order valence-electron chi connectivity index (χ2n) is 8.91. The normalized spacial score (nSPS) is 16.9. The van der Waals surface area contributed by atoms with E-state index in [2.05, 4.69) is 10.6 Å². The van der Waals surface area contributed by atoms with Crippen molar-refractivity contribution in [3.8, 4) is 0 Å². The average molecular weight is 496 g/mol. The van der Waals surface area contributed by atoms with E-state index >= 15 is 0 Å². The fourth-order valence-corrected chi connectivity index (χ4v) is 4.10. The van der Waals surface area contributed by atoms with E-state index in [4.69, 9.17) is 0 Å². The highest BCUT2D eigenvalue weighted by molar-refractivity contribution is 6.43. The molecule has 34 heavy (non-hydrogen) atoms. The second-order valence-corrected chi connectivity index (χ2v) is 8.91. The van der Waals surface area contributed by atoms with Gasteiger partial charge in [-0.2, -0.15) is 26.3 Å². The molecule has 1 aromatic rings. The Balaban J connectivity index is 2.38. The van der Waals surface area contributed by atoms with Crippen LogP contribution in [0, 0.1) is 11.8 Å². The molecule has 13 heteroatoms. The predicted octanol–water partition coefficient (Wildman–Crippen LogP) is 3.56. The molecule has 0 aliphatic heterocycles. The minimum absolute atomic E-state index is 0.0499. The van der Waals surface area contributed by atoms with Gasteiger partial charge >= 0.3 is 19.5 Å². The maximum Gasteiger partial charge on any atom is 0.475 e. The van der Waals surface area contributed by atoms with E-state index in [0.29, 0.717) is 25.7 Å². The van der Waals surface area contributed by atoms with E-state index in [9.17, 15) is 46.0 Å². The number of hydrogen-bond donors (Lipinski definition) is 4. The third-order valence-electron chi connectivity index (χ3n) is 5.75. The molecular weight excluding hydrogens is 469 g/mol. The highest BCUT2D eigenvalue weighted by Gasteiger charge is 2.41. The SMILES string of the molecule is CC(C)C[C@H](NC(=O)C(NC(=O)c1cc(C(F)(F)F)ccc1C(F)(F)F)C1CCCC1)B(O)O. The van der Waals surface area contributed by atoms with Gasteiger partial charge in [0.2, 0.25) is 5.91 Å². The van der Waals surface area contributed by atoms with Crippen LogP contribution >= 0.6 is 0 Å². The van der Waals surface area contributed by atoms with E-state index in [1.54, 1.807) is 13.8 Å². The van der Waals surface area contributed by atoms with E-state index < -0.39 is 65.9 Å². The molecule has 1 unspecified atom stereocenters. The molecular formula is C21H27BF6N2O4. The summed E-state index contributed by atoms with van der Waals surface area (Å²) in [7, 11) is -1.92. The minimum Gasteiger partial charge on any atom is -0.426 e. The van der Waals surface area contributed by atoms with Crippen molar-refractivity contribution in [3.63, 3.8) is 0 Å². The molecule has 0 aromatic heterocycles. The first-order chi connectivity index (χ1) is 15.6. The van der Waals surface area contributed by atoms with Crippen LogP contribution in [-0.4, -0.2) is 41.0 Å². The molecule has 6 nitrogen and oxygen atoms in total. The van der Waals surface area contributed by atoms with Crippen molar-refractivity contribution in [2.45, 2.75) is 70.3 Å². The number of alkyl halides is 6. The fraction of sp³-hybridized carbons (Fsp3) is 0.619. The third kappa shape index (κ3) is 7.36. The summed E-state index contributed by atoms with van der Waals surface area (Å²) in [6.45, 7) is 3.54. The summed E-state index contributed by atoms with van der Waals surface area (Å²) < 4.78 is 79.5. The van der Waals surface area contributed by atoms with Crippen molar-refractivity contribution in [1.29, 1.82) is 0 Å². The van der Waals surface area contributed by atoms with Crippen LogP contribution in [0.25, 0.3) is 0 Å². The maximum absolute atomic E-state index is 13.4. The lowest BCUT2D eigenvalue weighted by Gasteiger charge is -2.28. The molecule has 0 spiro atoms. The van der Waals surface area contributed by atoms with Gasteiger partial charge in [0.05, 0.1) is 22.6 Å². The van der Waals surface area contributed by atoms with Crippen molar-refractivity contribution >= 4 is 18.9 Å². The van der Waals surface area contributed by atoms with Crippen LogP contribution < -0.4 is 10.6 Å². The van der Waals surface area contributed by atoms with E-state index in [1.807, 2.05) is 0 Å². The van der Waals surface area contributed by atoms with Gasteiger partial charge in [0.25, 0.3) is 5.91 Å². The molecule has 1 aliphatic rings. The van der Waals surface area contributed by atoms with E-state index in [-0.39, 0.29) is 30.5 Å². The number of rotatable bonds is 8. The monoisotopic (exact) mass is 496 g/mol. The lowest BCUT2D eigenvalue weighted by atomic mass is 9.74. The quantitative estimate of drug-likeness (QED) is 0.327. The first kappa shape index (κ1) is 28.0. The molecule has 0 saturated heterocycles. The number of halogens is 6. The van der Waals surface area contributed by atoms with Crippen molar-refractivity contribution in [2.24, 2.45) is 11.8 Å². The van der Waals surface area contributed by atoms with Crippen molar-refractivity contribution in [1.82, 2.24) is 10.6 Å². The average Bonchev–Trinajstić information content (AvgIpc) is 3.23. The van der Waals surface area contributed by atoms with Crippen molar-refractivity contribution in [2.75, 3.05) is 0 Å². The highest BCUT2D eigenvalue weighted by atomic mass is 19.4. The number of nitrogens with one attached hydrogen (secondary N) is 2. The predicted molar refractivity (Wildman–Crippen MR) is 111 cm³/mol. The Labute approximate surface area is 193 Å². The summed E-state index contributed by atoms with van der Waals surface area (Å²) in [6, 6.07) is -0.830. The summed E-state index contributed by atoms with van der Waals surface area (Å²) in [6.07, 6.45) is -7.61. The smallest absolute Gasteiger partial charge is 0.426 e. The molecule has 0 heterocycles. The van der Waals surface area contributed by atoms with Gasteiger partial charge in [-0.05, 0) is 49.3 Å². The lowest BCUT2D eigenvalue weighted by molar-refractivity contribution is -0.141. The Morgan fingerprint density at radius 1 is 1.03 bits per heavy atom. The topological polar surface area (TPSA) is 98.7 Å². The number of carbonyl (C=O) groups is 2. The molecule has 4 N–H and O–H groups in total. The standard InChI is InChI=1S/C21H27BF6N2O4/c1-11(2)9-16(22(33)34)29-19(32)17(12-5-3-4-6-12)30-18(31)14-10-13(20(23,24)25)7-8-15(14)21(26,27)28/h7-8,10-12,16-17,33-34H,3-6,9H2,1-2H3,(H,29,32)(H,30,31)/t16-,17?/m0/s1. The molecule has 0 radical (unpaired) electrons. The van der Waals surface area contributed by atoms with Crippen LogP contribution in [0.5, 0.6) is 0 Å². The number of hydrogen-bond acceptors (Lipinski definition) is 4. The summed E-state index contributed by atoms with van der Waals surface area (Å²) in [4.78, 5) is 25.8. The Bertz CT molecular complexity index is 870. The molecule has 1 fully saturated rings. The van der Waals surface area contributed by atoms with E-state index in [0.717, 1.165) is 0 Å². The number of carbonyl (C=O) groups excluding carboxylic acids is 2. The Hall–Kier alpha value is -2.28. The van der Waals surface area contributed by atoms with Gasteiger partial charge in [0, 0.05) is 0 Å². The first-order valence-corrected chi connectivity index (χ1v) is 10.9. The summed E-state index contributed by atoms with van der Waals surface area (Å²) >= 11 is 0. The Morgan fingerprint density at radius 3 is 2.09 bits per heavy atom. The summed E-state index contributed by atoms with van der Waals surface area (Å²) in [5.74, 6) is -3.95. The van der Waals surface area contributed by atoms with Gasteiger partial charge in [-0.1, -0.05) is 26.7 Å². The Kier molecular flexibility index (Phi) is 9.03.